The smallest absolute Gasteiger partial charge is 0.312 e. The second kappa shape index (κ2) is 9.28. The van der Waals surface area contributed by atoms with E-state index in [0.29, 0.717) is 5.69 Å². The molecule has 1 aliphatic rings. The minimum absolute atomic E-state index is 0.0324. The van der Waals surface area contributed by atoms with E-state index in [0.717, 1.165) is 58.5 Å². The third-order valence-electron chi connectivity index (χ3n) is 5.44. The summed E-state index contributed by atoms with van der Waals surface area (Å²) in [6, 6.07) is 12.6. The molecule has 0 saturated heterocycles. The number of amides is 2. The van der Waals surface area contributed by atoms with Crippen LogP contribution in [0.5, 0.6) is 0 Å². The normalized spacial score (nSPS) is 12.3. The minimum atomic E-state index is -0.353. The molecule has 2 heterocycles. The lowest BCUT2D eigenvalue weighted by atomic mass is 9.97. The topological polar surface area (TPSA) is 99.8 Å². The largest absolute Gasteiger partial charge is 0.329 e. The van der Waals surface area contributed by atoms with Crippen molar-refractivity contribution < 1.29 is 4.79 Å². The maximum absolute atomic E-state index is 12.8. The number of hydrogen-bond donors (Lipinski definition) is 2. The minimum Gasteiger partial charge on any atom is -0.312 e. The average molecular weight is 446 g/mol. The van der Waals surface area contributed by atoms with E-state index < -0.39 is 0 Å². The molecule has 3 aromatic rings. The van der Waals surface area contributed by atoms with E-state index in [9.17, 15) is 14.9 Å². The van der Waals surface area contributed by atoms with Gasteiger partial charge in [-0.25, -0.2) is 9.78 Å². The zero-order valence-corrected chi connectivity index (χ0v) is 18.7. The highest BCUT2D eigenvalue weighted by atomic mass is 32.2. The Labute approximate surface area is 190 Å². The molecule has 162 valence electrons. The average Bonchev–Trinajstić information content (AvgIpc) is 3.28. The number of fused-ring (bicyclic) bond motifs is 1. The molecule has 2 aromatic heterocycles. The number of aryl methyl sites for hydroxylation is 1. The van der Waals surface area contributed by atoms with Gasteiger partial charge >= 0.3 is 6.03 Å². The summed E-state index contributed by atoms with van der Waals surface area (Å²) in [5.41, 5.74) is 5.07. The predicted octanol–water partition coefficient (Wildman–Crippen LogP) is 4.68. The van der Waals surface area contributed by atoms with Gasteiger partial charge < -0.3 is 9.88 Å². The van der Waals surface area contributed by atoms with Crippen molar-refractivity contribution in [1.82, 2.24) is 14.3 Å². The van der Waals surface area contributed by atoms with Crippen LogP contribution in [0.2, 0.25) is 0 Å². The van der Waals surface area contributed by atoms with Gasteiger partial charge in [0.05, 0.1) is 5.69 Å². The zero-order valence-electron chi connectivity index (χ0n) is 17.9. The highest BCUT2D eigenvalue weighted by molar-refractivity contribution is 7.98. The first-order valence-corrected chi connectivity index (χ1v) is 11.2. The molecule has 32 heavy (non-hydrogen) atoms. The summed E-state index contributed by atoms with van der Waals surface area (Å²) < 4.78 is 4.44. The number of pyridine rings is 2. The molecule has 0 saturated carbocycles. The monoisotopic (exact) mass is 445 g/mol. The summed E-state index contributed by atoms with van der Waals surface area (Å²) in [6.07, 6.45) is 6.26. The molecule has 0 bridgehead atoms. The lowest BCUT2D eigenvalue weighted by molar-refractivity contribution is 0.257. The summed E-state index contributed by atoms with van der Waals surface area (Å²) >= 11 is 1.15. The van der Waals surface area contributed by atoms with E-state index >= 15 is 0 Å². The third kappa shape index (κ3) is 4.53. The van der Waals surface area contributed by atoms with Gasteiger partial charge in [0.25, 0.3) is 5.56 Å². The number of nitrogens with zero attached hydrogens (tertiary/aromatic N) is 3. The van der Waals surface area contributed by atoms with Crippen molar-refractivity contribution in [2.75, 3.05) is 5.32 Å². The number of aromatic nitrogens is 2. The molecule has 0 atom stereocenters. The van der Waals surface area contributed by atoms with Crippen molar-refractivity contribution in [2.24, 2.45) is 0 Å². The van der Waals surface area contributed by atoms with Crippen LogP contribution in [0.1, 0.15) is 43.1 Å². The second-order valence-corrected chi connectivity index (χ2v) is 8.76. The Morgan fingerprint density at radius 2 is 2.06 bits per heavy atom. The fourth-order valence-corrected chi connectivity index (χ4v) is 4.46. The highest BCUT2D eigenvalue weighted by Crippen LogP contribution is 2.37. The summed E-state index contributed by atoms with van der Waals surface area (Å²) in [5, 5.41) is 12.2. The predicted molar refractivity (Wildman–Crippen MR) is 126 cm³/mol. The van der Waals surface area contributed by atoms with Crippen LogP contribution < -0.4 is 15.6 Å². The Balaban J connectivity index is 1.58. The first-order chi connectivity index (χ1) is 15.5. The van der Waals surface area contributed by atoms with Gasteiger partial charge in [-0.05, 0) is 79.9 Å². The van der Waals surface area contributed by atoms with E-state index in [1.807, 2.05) is 26.0 Å². The molecule has 1 aliphatic carbocycles. The number of nitriles is 1. The van der Waals surface area contributed by atoms with E-state index in [1.54, 1.807) is 29.1 Å². The van der Waals surface area contributed by atoms with Crippen LogP contribution in [-0.4, -0.2) is 15.6 Å². The number of benzene rings is 1. The molecule has 0 unspecified atom stereocenters. The number of nitrogens with one attached hydrogen (secondary N) is 2. The van der Waals surface area contributed by atoms with E-state index in [4.69, 9.17) is 0 Å². The SMILES string of the molecule is CC(C)n1cc(SNC(=O)Nc2c(-c3ccnc(C#N)c3)ccc3c2CCC3)ccc1=O. The van der Waals surface area contributed by atoms with Crippen LogP contribution in [0.25, 0.3) is 11.1 Å². The summed E-state index contributed by atoms with van der Waals surface area (Å²) in [5.74, 6) is 0. The molecular weight excluding hydrogens is 422 g/mol. The Bertz CT molecular complexity index is 1280. The van der Waals surface area contributed by atoms with Gasteiger partial charge in [0.2, 0.25) is 0 Å². The maximum atomic E-state index is 12.8. The van der Waals surface area contributed by atoms with Crippen molar-refractivity contribution in [1.29, 1.82) is 5.26 Å². The molecule has 7 nitrogen and oxygen atoms in total. The molecule has 2 amide bonds. The van der Waals surface area contributed by atoms with E-state index in [-0.39, 0.29) is 17.6 Å². The standard InChI is InChI=1S/C24H23N5O2S/c1-15(2)29-14-19(7-9-22(29)30)32-28-24(31)27-23-20-5-3-4-16(20)6-8-21(23)17-10-11-26-18(12-17)13-25/h6-12,14-15H,3-5H2,1-2H3,(H2,27,28,31). The van der Waals surface area contributed by atoms with Gasteiger partial charge in [0, 0.05) is 35.0 Å². The van der Waals surface area contributed by atoms with Crippen molar-refractivity contribution >= 4 is 23.7 Å². The maximum Gasteiger partial charge on any atom is 0.329 e. The summed E-state index contributed by atoms with van der Waals surface area (Å²) in [4.78, 5) is 29.6. The van der Waals surface area contributed by atoms with Gasteiger partial charge in [0.15, 0.2) is 0 Å². The van der Waals surface area contributed by atoms with Crippen LogP contribution in [0.3, 0.4) is 0 Å². The Hall–Kier alpha value is -3.57. The third-order valence-corrected chi connectivity index (χ3v) is 6.20. The Morgan fingerprint density at radius 1 is 1.22 bits per heavy atom. The number of carbonyl (C=O) groups excluding carboxylic acids is 1. The van der Waals surface area contributed by atoms with Crippen LogP contribution >= 0.6 is 11.9 Å². The lowest BCUT2D eigenvalue weighted by Gasteiger charge is -2.17. The fraction of sp³-hybridized carbons (Fsp3) is 0.250. The van der Waals surface area contributed by atoms with Gasteiger partial charge in [-0.2, -0.15) is 5.26 Å². The Kier molecular flexibility index (Phi) is 6.28. The zero-order chi connectivity index (χ0) is 22.7. The summed E-state index contributed by atoms with van der Waals surface area (Å²) in [6.45, 7) is 3.87. The van der Waals surface area contributed by atoms with Crippen LogP contribution in [0, 0.1) is 11.3 Å². The number of urea groups is 1. The van der Waals surface area contributed by atoms with Crippen molar-refractivity contribution in [3.8, 4) is 17.2 Å². The molecule has 0 aliphatic heterocycles. The van der Waals surface area contributed by atoms with Gasteiger partial charge in [-0.1, -0.05) is 12.1 Å². The van der Waals surface area contributed by atoms with Crippen LogP contribution in [0.4, 0.5) is 10.5 Å². The molecule has 1 aromatic carbocycles. The van der Waals surface area contributed by atoms with Gasteiger partial charge in [0.1, 0.15) is 11.8 Å². The molecule has 4 rings (SSSR count). The number of carbonyl (C=O) groups is 1. The van der Waals surface area contributed by atoms with Gasteiger partial charge in [-0.15, -0.1) is 0 Å². The molecule has 2 N–H and O–H groups in total. The molecular formula is C24H23N5O2S. The van der Waals surface area contributed by atoms with Crippen molar-refractivity contribution in [3.63, 3.8) is 0 Å². The van der Waals surface area contributed by atoms with E-state index in [2.05, 4.69) is 27.2 Å². The number of rotatable bonds is 5. The second-order valence-electron chi connectivity index (χ2n) is 7.88. The molecule has 0 radical (unpaired) electrons. The highest BCUT2D eigenvalue weighted by Gasteiger charge is 2.20. The van der Waals surface area contributed by atoms with E-state index in [1.165, 1.54) is 11.6 Å². The Morgan fingerprint density at radius 3 is 2.84 bits per heavy atom. The number of hydrogen-bond acceptors (Lipinski definition) is 5. The quantitative estimate of drug-likeness (QED) is 0.556. The lowest BCUT2D eigenvalue weighted by Crippen LogP contribution is -2.25. The first kappa shape index (κ1) is 21.7. The van der Waals surface area contributed by atoms with Gasteiger partial charge in [-0.3, -0.25) is 9.52 Å². The van der Waals surface area contributed by atoms with Crippen molar-refractivity contribution in [2.45, 2.75) is 44.0 Å². The number of anilines is 1. The molecule has 0 spiro atoms. The van der Waals surface area contributed by atoms with Crippen molar-refractivity contribution in [3.05, 3.63) is 76.0 Å². The fourth-order valence-electron chi connectivity index (χ4n) is 3.90. The molecule has 8 heteroatoms. The van der Waals surface area contributed by atoms with Crippen LogP contribution in [-0.2, 0) is 12.8 Å². The molecule has 0 fully saturated rings. The summed E-state index contributed by atoms with van der Waals surface area (Å²) in [7, 11) is 0. The van der Waals surface area contributed by atoms with Crippen LogP contribution in [0.15, 0.2) is 58.5 Å². The first-order valence-electron chi connectivity index (χ1n) is 10.4.